The minimum Gasteiger partial charge on any atom is -0.481 e. The van der Waals surface area contributed by atoms with E-state index in [1.807, 2.05) is 4.90 Å². The molecule has 7 heteroatoms. The van der Waals surface area contributed by atoms with Crippen LogP contribution in [0.15, 0.2) is 24.3 Å². The van der Waals surface area contributed by atoms with Gasteiger partial charge in [0.25, 0.3) is 0 Å². The number of hydrogen-bond donors (Lipinski definition) is 1. The summed E-state index contributed by atoms with van der Waals surface area (Å²) in [5.41, 5.74) is 0.780. The van der Waals surface area contributed by atoms with Gasteiger partial charge in [-0.2, -0.15) is 0 Å². The molecule has 1 fully saturated rings. The summed E-state index contributed by atoms with van der Waals surface area (Å²) in [4.78, 5) is 26.2. The Kier molecular flexibility index (Phi) is 7.27. The van der Waals surface area contributed by atoms with Crippen LogP contribution in [0.4, 0.5) is 4.39 Å². The standard InChI is InChI=1S/C15H19FN2O3.ClH/c16-13-4-1-3-12(9-13)10-18-8-7-17(11-14(18)19)6-2-5-15(20)21;/h1,3-4,9H,2,5-8,10-11H2,(H,20,21);1H. The van der Waals surface area contributed by atoms with Crippen molar-refractivity contribution in [2.24, 2.45) is 0 Å². The maximum absolute atomic E-state index is 13.1. The molecule has 1 heterocycles. The molecule has 0 bridgehead atoms. The number of carbonyl (C=O) groups is 2. The molecule has 122 valence electrons. The van der Waals surface area contributed by atoms with E-state index in [2.05, 4.69) is 0 Å². The first-order valence-corrected chi connectivity index (χ1v) is 7.01. The second kappa shape index (κ2) is 8.70. The second-order valence-electron chi connectivity index (χ2n) is 5.22. The molecule has 0 radical (unpaired) electrons. The highest BCUT2D eigenvalue weighted by Crippen LogP contribution is 2.11. The number of carboxylic acid groups (broad SMARTS) is 1. The molecule has 1 N–H and O–H groups in total. The molecule has 2 rings (SSSR count). The lowest BCUT2D eigenvalue weighted by atomic mass is 10.2. The van der Waals surface area contributed by atoms with Crippen LogP contribution < -0.4 is 0 Å². The summed E-state index contributed by atoms with van der Waals surface area (Å²) in [6, 6.07) is 6.26. The molecule has 0 saturated carbocycles. The third-order valence-electron chi connectivity index (χ3n) is 3.53. The van der Waals surface area contributed by atoms with Gasteiger partial charge in [-0.25, -0.2) is 4.39 Å². The summed E-state index contributed by atoms with van der Waals surface area (Å²) >= 11 is 0. The number of nitrogens with zero attached hydrogens (tertiary/aromatic N) is 2. The van der Waals surface area contributed by atoms with Gasteiger partial charge in [-0.1, -0.05) is 12.1 Å². The second-order valence-corrected chi connectivity index (χ2v) is 5.22. The first-order chi connectivity index (χ1) is 10.0. The Balaban J connectivity index is 0.00000242. The zero-order chi connectivity index (χ0) is 15.2. The van der Waals surface area contributed by atoms with E-state index in [0.717, 1.165) is 12.1 Å². The van der Waals surface area contributed by atoms with Gasteiger partial charge in [0.1, 0.15) is 5.82 Å². The van der Waals surface area contributed by atoms with E-state index in [-0.39, 0.29) is 30.6 Å². The third-order valence-corrected chi connectivity index (χ3v) is 3.53. The van der Waals surface area contributed by atoms with Gasteiger partial charge in [0.05, 0.1) is 6.54 Å². The number of halogens is 2. The molecule has 1 aliphatic heterocycles. The van der Waals surface area contributed by atoms with Gasteiger partial charge in [-0.3, -0.25) is 14.5 Å². The van der Waals surface area contributed by atoms with E-state index in [4.69, 9.17) is 5.11 Å². The van der Waals surface area contributed by atoms with Crippen LogP contribution in [0.1, 0.15) is 18.4 Å². The van der Waals surface area contributed by atoms with Crippen molar-refractivity contribution in [2.75, 3.05) is 26.2 Å². The van der Waals surface area contributed by atoms with Crippen molar-refractivity contribution in [2.45, 2.75) is 19.4 Å². The zero-order valence-corrected chi connectivity index (χ0v) is 13.0. The lowest BCUT2D eigenvalue weighted by Gasteiger charge is -2.34. The average Bonchev–Trinajstić information content (AvgIpc) is 2.41. The number of rotatable bonds is 6. The molecule has 0 spiro atoms. The smallest absolute Gasteiger partial charge is 0.303 e. The maximum atomic E-state index is 13.1. The first-order valence-electron chi connectivity index (χ1n) is 7.01. The summed E-state index contributed by atoms with van der Waals surface area (Å²) in [6.45, 7) is 2.64. The molecule has 1 aliphatic rings. The Morgan fingerprint density at radius 3 is 2.73 bits per heavy atom. The van der Waals surface area contributed by atoms with Gasteiger partial charge >= 0.3 is 5.97 Å². The lowest BCUT2D eigenvalue weighted by Crippen LogP contribution is -2.50. The van der Waals surface area contributed by atoms with Gasteiger partial charge < -0.3 is 10.0 Å². The molecule has 1 aromatic rings. The zero-order valence-electron chi connectivity index (χ0n) is 12.2. The highest BCUT2D eigenvalue weighted by Gasteiger charge is 2.23. The lowest BCUT2D eigenvalue weighted by molar-refractivity contribution is -0.137. The fourth-order valence-corrected chi connectivity index (χ4v) is 2.42. The van der Waals surface area contributed by atoms with E-state index in [0.29, 0.717) is 32.6 Å². The van der Waals surface area contributed by atoms with Crippen molar-refractivity contribution in [1.29, 1.82) is 0 Å². The van der Waals surface area contributed by atoms with Gasteiger partial charge in [0.2, 0.25) is 5.91 Å². The minimum atomic E-state index is -0.814. The fourth-order valence-electron chi connectivity index (χ4n) is 2.42. The van der Waals surface area contributed by atoms with Crippen LogP contribution in [0.3, 0.4) is 0 Å². The van der Waals surface area contributed by atoms with Gasteiger partial charge in [-0.15, -0.1) is 12.4 Å². The van der Waals surface area contributed by atoms with Crippen molar-refractivity contribution in [1.82, 2.24) is 9.80 Å². The number of amides is 1. The summed E-state index contributed by atoms with van der Waals surface area (Å²) in [5.74, 6) is -1.11. The van der Waals surface area contributed by atoms with Crippen molar-refractivity contribution in [3.05, 3.63) is 35.6 Å². The maximum Gasteiger partial charge on any atom is 0.303 e. The SMILES string of the molecule is Cl.O=C(O)CCCN1CCN(Cc2cccc(F)c2)C(=O)C1. The Labute approximate surface area is 135 Å². The molecular formula is C15H20ClFN2O3. The van der Waals surface area contributed by atoms with Crippen LogP contribution in [-0.4, -0.2) is 53.0 Å². The quantitative estimate of drug-likeness (QED) is 0.863. The van der Waals surface area contributed by atoms with Gasteiger partial charge in [0, 0.05) is 26.1 Å². The highest BCUT2D eigenvalue weighted by molar-refractivity contribution is 5.85. The summed E-state index contributed by atoms with van der Waals surface area (Å²) < 4.78 is 13.1. The molecule has 1 aromatic carbocycles. The van der Waals surface area contributed by atoms with Crippen molar-refractivity contribution in [3.8, 4) is 0 Å². The van der Waals surface area contributed by atoms with Crippen LogP contribution in [0.2, 0.25) is 0 Å². The fraction of sp³-hybridized carbons (Fsp3) is 0.467. The Hall–Kier alpha value is -1.66. The van der Waals surface area contributed by atoms with Crippen LogP contribution in [0.25, 0.3) is 0 Å². The average molecular weight is 331 g/mol. The normalized spacial score (nSPS) is 15.5. The van der Waals surface area contributed by atoms with Crippen molar-refractivity contribution >= 4 is 24.3 Å². The Morgan fingerprint density at radius 2 is 2.09 bits per heavy atom. The molecule has 0 aliphatic carbocycles. The number of aliphatic carboxylic acids is 1. The molecule has 1 saturated heterocycles. The molecule has 22 heavy (non-hydrogen) atoms. The molecule has 0 atom stereocenters. The van der Waals surface area contributed by atoms with Crippen LogP contribution in [-0.2, 0) is 16.1 Å². The monoisotopic (exact) mass is 330 g/mol. The molecule has 0 unspecified atom stereocenters. The Bertz CT molecular complexity index is 527. The van der Waals surface area contributed by atoms with Gasteiger partial charge in [0.15, 0.2) is 0 Å². The molecule has 0 aromatic heterocycles. The topological polar surface area (TPSA) is 60.9 Å². The summed E-state index contributed by atoms with van der Waals surface area (Å²) in [5, 5.41) is 8.60. The predicted molar refractivity (Wildman–Crippen MR) is 82.4 cm³/mol. The summed E-state index contributed by atoms with van der Waals surface area (Å²) in [6.07, 6.45) is 0.671. The number of carbonyl (C=O) groups excluding carboxylic acids is 1. The van der Waals surface area contributed by atoms with Crippen LogP contribution >= 0.6 is 12.4 Å². The van der Waals surface area contributed by atoms with E-state index < -0.39 is 5.97 Å². The third kappa shape index (κ3) is 5.61. The van der Waals surface area contributed by atoms with E-state index >= 15 is 0 Å². The highest BCUT2D eigenvalue weighted by atomic mass is 35.5. The first kappa shape index (κ1) is 18.4. The number of carboxylic acids is 1. The number of piperazine rings is 1. The van der Waals surface area contributed by atoms with E-state index in [1.165, 1.54) is 12.1 Å². The number of hydrogen-bond acceptors (Lipinski definition) is 3. The van der Waals surface area contributed by atoms with E-state index in [9.17, 15) is 14.0 Å². The van der Waals surface area contributed by atoms with Crippen LogP contribution in [0, 0.1) is 5.82 Å². The largest absolute Gasteiger partial charge is 0.481 e. The molecule has 1 amide bonds. The predicted octanol–water partition coefficient (Wildman–Crippen LogP) is 1.76. The van der Waals surface area contributed by atoms with Crippen LogP contribution in [0.5, 0.6) is 0 Å². The summed E-state index contributed by atoms with van der Waals surface area (Å²) in [7, 11) is 0. The van der Waals surface area contributed by atoms with Crippen molar-refractivity contribution in [3.63, 3.8) is 0 Å². The minimum absolute atomic E-state index is 0. The molecular weight excluding hydrogens is 311 g/mol. The molecule has 5 nitrogen and oxygen atoms in total. The number of benzene rings is 1. The Morgan fingerprint density at radius 1 is 1.32 bits per heavy atom. The van der Waals surface area contributed by atoms with E-state index in [1.54, 1.807) is 17.0 Å². The van der Waals surface area contributed by atoms with Crippen molar-refractivity contribution < 1.29 is 19.1 Å². The van der Waals surface area contributed by atoms with Gasteiger partial charge in [-0.05, 0) is 30.7 Å².